The first kappa shape index (κ1) is 10.4. The Kier molecular flexibility index (Phi) is 3.21. The van der Waals surface area contributed by atoms with Gasteiger partial charge in [-0.2, -0.15) is 0 Å². The predicted octanol–water partition coefficient (Wildman–Crippen LogP) is 1.74. The molecule has 0 aromatic carbocycles. The molecule has 0 radical (unpaired) electrons. The minimum Gasteiger partial charge on any atom is -0.384 e. The number of aryl methyl sites for hydroxylation is 1. The summed E-state index contributed by atoms with van der Waals surface area (Å²) in [5.74, 6) is 0.600. The van der Waals surface area contributed by atoms with Crippen molar-refractivity contribution >= 4 is 5.82 Å². The van der Waals surface area contributed by atoms with Gasteiger partial charge in [-0.3, -0.25) is 0 Å². The smallest absolute Gasteiger partial charge is 0.123 e. The molecule has 0 spiro atoms. The maximum Gasteiger partial charge on any atom is 0.123 e. The molecule has 3 N–H and O–H groups in total. The second-order valence-electron chi connectivity index (χ2n) is 4.47. The van der Waals surface area contributed by atoms with Crippen LogP contribution in [0, 0.1) is 0 Å². The van der Waals surface area contributed by atoms with Gasteiger partial charge >= 0.3 is 0 Å². The van der Waals surface area contributed by atoms with Gasteiger partial charge in [-0.25, -0.2) is 4.98 Å². The zero-order chi connectivity index (χ0) is 10.7. The Morgan fingerprint density at radius 3 is 2.93 bits per heavy atom. The summed E-state index contributed by atoms with van der Waals surface area (Å²) in [7, 11) is 0. The third kappa shape index (κ3) is 3.51. The fraction of sp³-hybridized carbons (Fsp3) is 0.583. The highest BCUT2D eigenvalue weighted by Crippen LogP contribution is 2.20. The highest BCUT2D eigenvalue weighted by molar-refractivity contribution is 5.29. The predicted molar refractivity (Wildman–Crippen MR) is 62.6 cm³/mol. The number of anilines is 1. The molecule has 82 valence electrons. The van der Waals surface area contributed by atoms with Crippen molar-refractivity contribution in [2.75, 3.05) is 5.73 Å². The van der Waals surface area contributed by atoms with Crippen molar-refractivity contribution in [1.82, 2.24) is 10.3 Å². The zero-order valence-corrected chi connectivity index (χ0v) is 9.24. The Labute approximate surface area is 91.1 Å². The summed E-state index contributed by atoms with van der Waals surface area (Å²) < 4.78 is 0. The topological polar surface area (TPSA) is 50.9 Å². The van der Waals surface area contributed by atoms with Crippen molar-refractivity contribution in [1.29, 1.82) is 0 Å². The van der Waals surface area contributed by atoms with E-state index in [0.717, 1.165) is 12.5 Å². The lowest BCUT2D eigenvalue weighted by Gasteiger charge is -2.12. The van der Waals surface area contributed by atoms with Crippen LogP contribution >= 0.6 is 0 Å². The van der Waals surface area contributed by atoms with Crippen LogP contribution < -0.4 is 11.1 Å². The molecule has 3 nitrogen and oxygen atoms in total. The van der Waals surface area contributed by atoms with Gasteiger partial charge in [0.15, 0.2) is 0 Å². The molecule has 1 saturated carbocycles. The first-order chi connectivity index (χ1) is 7.24. The van der Waals surface area contributed by atoms with Crippen LogP contribution in [-0.4, -0.2) is 17.1 Å². The van der Waals surface area contributed by atoms with Crippen LogP contribution in [0.1, 0.15) is 31.7 Å². The fourth-order valence-corrected chi connectivity index (χ4v) is 1.70. The number of hydrogen-bond donors (Lipinski definition) is 2. The average Bonchev–Trinajstić information content (AvgIpc) is 3.01. The minimum atomic E-state index is 0.600. The lowest BCUT2D eigenvalue weighted by molar-refractivity contribution is 0.511. The summed E-state index contributed by atoms with van der Waals surface area (Å²) in [5, 5.41) is 3.59. The van der Waals surface area contributed by atoms with Gasteiger partial charge in [0.2, 0.25) is 0 Å². The van der Waals surface area contributed by atoms with E-state index in [1.165, 1.54) is 24.8 Å². The molecule has 1 aliphatic rings. The number of nitrogens with one attached hydrogen (secondary N) is 1. The van der Waals surface area contributed by atoms with Gasteiger partial charge in [-0.05, 0) is 44.2 Å². The van der Waals surface area contributed by atoms with Crippen LogP contribution in [0.25, 0.3) is 0 Å². The fourth-order valence-electron chi connectivity index (χ4n) is 1.70. The second-order valence-corrected chi connectivity index (χ2v) is 4.47. The monoisotopic (exact) mass is 205 g/mol. The van der Waals surface area contributed by atoms with Gasteiger partial charge in [0, 0.05) is 18.3 Å². The molecule has 0 bridgehead atoms. The molecule has 1 aromatic heterocycles. The van der Waals surface area contributed by atoms with E-state index in [4.69, 9.17) is 5.73 Å². The maximum absolute atomic E-state index is 5.53. The van der Waals surface area contributed by atoms with Gasteiger partial charge in [0.05, 0.1) is 0 Å². The highest BCUT2D eigenvalue weighted by atomic mass is 15.0. The molecule has 2 rings (SSSR count). The number of nitrogens with zero attached hydrogens (tertiary/aromatic N) is 1. The third-order valence-electron chi connectivity index (χ3n) is 2.81. The van der Waals surface area contributed by atoms with E-state index >= 15 is 0 Å². The molecule has 3 heteroatoms. The molecular weight excluding hydrogens is 186 g/mol. The maximum atomic E-state index is 5.53. The molecule has 1 heterocycles. The summed E-state index contributed by atoms with van der Waals surface area (Å²) in [6, 6.07) is 5.33. The molecule has 1 aliphatic carbocycles. The van der Waals surface area contributed by atoms with Crippen LogP contribution in [0.5, 0.6) is 0 Å². The quantitative estimate of drug-likeness (QED) is 0.769. The number of nitrogens with two attached hydrogens (primary N) is 1. The van der Waals surface area contributed by atoms with Crippen molar-refractivity contribution in [2.24, 2.45) is 0 Å². The summed E-state index contributed by atoms with van der Waals surface area (Å²) in [4.78, 5) is 4.09. The Balaban J connectivity index is 1.74. The van der Waals surface area contributed by atoms with Crippen molar-refractivity contribution < 1.29 is 0 Å². The van der Waals surface area contributed by atoms with E-state index in [1.807, 2.05) is 12.3 Å². The first-order valence-corrected chi connectivity index (χ1v) is 5.70. The molecule has 1 fully saturated rings. The van der Waals surface area contributed by atoms with Gasteiger partial charge in [-0.1, -0.05) is 6.07 Å². The molecule has 0 saturated heterocycles. The molecule has 1 aromatic rings. The average molecular weight is 205 g/mol. The van der Waals surface area contributed by atoms with E-state index in [2.05, 4.69) is 23.3 Å². The Morgan fingerprint density at radius 1 is 1.53 bits per heavy atom. The number of hydrogen-bond acceptors (Lipinski definition) is 3. The Hall–Kier alpha value is -1.09. The molecule has 0 unspecified atom stereocenters. The number of rotatable bonds is 5. The summed E-state index contributed by atoms with van der Waals surface area (Å²) >= 11 is 0. The molecule has 0 amide bonds. The first-order valence-electron chi connectivity index (χ1n) is 5.70. The third-order valence-corrected chi connectivity index (χ3v) is 2.81. The summed E-state index contributed by atoms with van der Waals surface area (Å²) in [6.45, 7) is 2.25. The summed E-state index contributed by atoms with van der Waals surface area (Å²) in [5.41, 5.74) is 6.81. The van der Waals surface area contributed by atoms with E-state index in [0.29, 0.717) is 11.9 Å². The number of aromatic nitrogens is 1. The van der Waals surface area contributed by atoms with Crippen molar-refractivity contribution in [3.63, 3.8) is 0 Å². The van der Waals surface area contributed by atoms with Crippen molar-refractivity contribution in [3.8, 4) is 0 Å². The number of pyridine rings is 1. The van der Waals surface area contributed by atoms with Gasteiger partial charge in [-0.15, -0.1) is 0 Å². The standard InChI is InChI=1S/C12H19N3/c1-9(15-11-5-6-11)2-3-10-4-7-12(13)14-8-10/h4,7-9,11,15H,2-3,5-6H2,1H3,(H2,13,14)/t9-/m0/s1. The largest absolute Gasteiger partial charge is 0.384 e. The minimum absolute atomic E-state index is 0.600. The lowest BCUT2D eigenvalue weighted by atomic mass is 10.1. The van der Waals surface area contributed by atoms with E-state index in [-0.39, 0.29) is 0 Å². The van der Waals surface area contributed by atoms with Gasteiger partial charge < -0.3 is 11.1 Å². The van der Waals surface area contributed by atoms with Gasteiger partial charge in [0.1, 0.15) is 5.82 Å². The van der Waals surface area contributed by atoms with Crippen LogP contribution in [-0.2, 0) is 6.42 Å². The molecular formula is C12H19N3. The second kappa shape index (κ2) is 4.62. The van der Waals surface area contributed by atoms with Gasteiger partial charge in [0.25, 0.3) is 0 Å². The van der Waals surface area contributed by atoms with Crippen LogP contribution in [0.3, 0.4) is 0 Å². The molecule has 15 heavy (non-hydrogen) atoms. The highest BCUT2D eigenvalue weighted by Gasteiger charge is 2.22. The lowest BCUT2D eigenvalue weighted by Crippen LogP contribution is -2.28. The normalized spacial score (nSPS) is 17.7. The van der Waals surface area contributed by atoms with Crippen molar-refractivity contribution in [3.05, 3.63) is 23.9 Å². The van der Waals surface area contributed by atoms with Crippen molar-refractivity contribution in [2.45, 2.75) is 44.7 Å². The zero-order valence-electron chi connectivity index (χ0n) is 9.24. The molecule has 0 aliphatic heterocycles. The van der Waals surface area contributed by atoms with Crippen LogP contribution in [0.2, 0.25) is 0 Å². The van der Waals surface area contributed by atoms with E-state index in [9.17, 15) is 0 Å². The Bertz CT molecular complexity index is 303. The SMILES string of the molecule is C[C@@H](CCc1ccc(N)nc1)NC1CC1. The van der Waals surface area contributed by atoms with E-state index in [1.54, 1.807) is 0 Å². The molecule has 1 atom stereocenters. The Morgan fingerprint density at radius 2 is 2.33 bits per heavy atom. The number of nitrogen functional groups attached to an aromatic ring is 1. The van der Waals surface area contributed by atoms with Crippen LogP contribution in [0.15, 0.2) is 18.3 Å². The summed E-state index contributed by atoms with van der Waals surface area (Å²) in [6.07, 6.45) is 6.83. The van der Waals surface area contributed by atoms with Crippen LogP contribution in [0.4, 0.5) is 5.82 Å². The van der Waals surface area contributed by atoms with E-state index < -0.39 is 0 Å².